The summed E-state index contributed by atoms with van der Waals surface area (Å²) in [6.07, 6.45) is 5.92. The molecule has 0 saturated carbocycles. The van der Waals surface area contributed by atoms with Gasteiger partial charge in [-0.15, -0.1) is 0 Å². The van der Waals surface area contributed by atoms with Gasteiger partial charge in [0.05, 0.1) is 11.0 Å². The van der Waals surface area contributed by atoms with E-state index in [0.29, 0.717) is 0 Å². The number of hydrogen-bond donors (Lipinski definition) is 0. The molecule has 5 nitrogen and oxygen atoms in total. The van der Waals surface area contributed by atoms with Crippen molar-refractivity contribution in [3.8, 4) is 17.2 Å². The number of imidazole rings is 1. The van der Waals surface area contributed by atoms with Crippen molar-refractivity contribution in [2.75, 3.05) is 0 Å². The van der Waals surface area contributed by atoms with Crippen LogP contribution >= 0.6 is 0 Å². The predicted molar refractivity (Wildman–Crippen MR) is 290 cm³/mol. The number of pyridine rings is 2. The minimum absolute atomic E-state index is 0.883. The number of rotatable bonds is 7. The summed E-state index contributed by atoms with van der Waals surface area (Å²) in [4.78, 5) is 10.2. The largest absolute Gasteiger partial charge is 0.455 e. The van der Waals surface area contributed by atoms with E-state index in [1.807, 2.05) is 18.5 Å². The first-order valence-electron chi connectivity index (χ1n) is 23.6. The Labute approximate surface area is 400 Å². The molecule has 69 heavy (non-hydrogen) atoms. The Balaban J connectivity index is 1.09. The molecule has 0 N–H and O–H groups in total. The Kier molecular flexibility index (Phi) is 8.86. The van der Waals surface area contributed by atoms with Crippen molar-refractivity contribution in [1.29, 1.82) is 0 Å². The second-order valence-corrected chi connectivity index (χ2v) is 25.6. The van der Waals surface area contributed by atoms with Gasteiger partial charge in [-0.25, -0.2) is 9.97 Å². The molecule has 7 heteroatoms. The molecule has 0 atom stereocenters. The number of aromatic nitrogens is 4. The van der Waals surface area contributed by atoms with Crippen LogP contribution in [-0.2, 0) is 0 Å². The molecule has 0 bridgehead atoms. The average Bonchev–Trinajstić information content (AvgIpc) is 4.06. The van der Waals surface area contributed by atoms with Crippen LogP contribution in [0.4, 0.5) is 0 Å². The minimum atomic E-state index is -3.11. The average molecular weight is 915 g/mol. The van der Waals surface area contributed by atoms with Crippen molar-refractivity contribution in [2.45, 2.75) is 0 Å². The molecule has 5 heterocycles. The van der Waals surface area contributed by atoms with Gasteiger partial charge >= 0.3 is 0 Å². The van der Waals surface area contributed by atoms with Crippen molar-refractivity contribution < 1.29 is 4.74 Å². The predicted octanol–water partition coefficient (Wildman–Crippen LogP) is 8.99. The normalized spacial score (nSPS) is 13.2. The van der Waals surface area contributed by atoms with Crippen LogP contribution in [0.5, 0.6) is 11.5 Å². The first-order valence-corrected chi connectivity index (χ1v) is 27.6. The van der Waals surface area contributed by atoms with Gasteiger partial charge in [-0.05, 0) is 83.3 Å². The summed E-state index contributed by atoms with van der Waals surface area (Å²) >= 11 is 0. The molecule has 1 aliphatic heterocycles. The summed E-state index contributed by atoms with van der Waals surface area (Å²) in [5.41, 5.74) is 5.03. The Morgan fingerprint density at radius 3 is 1.77 bits per heavy atom. The summed E-state index contributed by atoms with van der Waals surface area (Å²) < 4.78 is 12.0. The lowest BCUT2D eigenvalue weighted by Gasteiger charge is -2.39. The van der Waals surface area contributed by atoms with E-state index < -0.39 is 16.1 Å². The topological polar surface area (TPSA) is 44.4 Å². The molecule has 0 radical (unpaired) electrons. The highest BCUT2D eigenvalue weighted by molar-refractivity contribution is 7.21. The number of benzene rings is 9. The van der Waals surface area contributed by atoms with E-state index in [4.69, 9.17) is 14.7 Å². The maximum atomic E-state index is 7.37. The zero-order valence-corrected chi connectivity index (χ0v) is 39.4. The van der Waals surface area contributed by atoms with Crippen LogP contribution < -0.4 is 46.2 Å². The van der Waals surface area contributed by atoms with E-state index in [-0.39, 0.29) is 0 Å². The third-order valence-electron chi connectivity index (χ3n) is 14.7. The van der Waals surface area contributed by atoms with Gasteiger partial charge in [0.1, 0.15) is 17.0 Å². The summed E-state index contributed by atoms with van der Waals surface area (Å²) in [5.74, 6) is 1.78. The molecule has 4 aromatic heterocycles. The van der Waals surface area contributed by atoms with Crippen LogP contribution in [0.1, 0.15) is 0 Å². The molecule has 0 saturated heterocycles. The van der Waals surface area contributed by atoms with E-state index in [2.05, 4.69) is 246 Å². The van der Waals surface area contributed by atoms with Crippen LogP contribution in [0.25, 0.3) is 54.9 Å². The van der Waals surface area contributed by atoms with E-state index in [9.17, 15) is 0 Å². The van der Waals surface area contributed by atoms with E-state index >= 15 is 0 Å². The fourth-order valence-corrected chi connectivity index (χ4v) is 21.6. The minimum Gasteiger partial charge on any atom is -0.455 e. The monoisotopic (exact) mass is 914 g/mol. The Morgan fingerprint density at radius 2 is 1.01 bits per heavy atom. The van der Waals surface area contributed by atoms with Gasteiger partial charge in [-0.3, -0.25) is 8.97 Å². The van der Waals surface area contributed by atoms with Crippen molar-refractivity contribution in [3.05, 3.63) is 255 Å². The highest BCUT2D eigenvalue weighted by atomic mass is 28.3. The lowest BCUT2D eigenvalue weighted by molar-refractivity contribution is 0.491. The van der Waals surface area contributed by atoms with Crippen molar-refractivity contribution in [2.24, 2.45) is 0 Å². The molecule has 324 valence electrons. The highest BCUT2D eigenvalue weighted by Crippen LogP contribution is 2.41. The van der Waals surface area contributed by atoms with Crippen LogP contribution in [-0.4, -0.2) is 35.1 Å². The molecular formula is C62H42N4OSi2. The Morgan fingerprint density at radius 1 is 0.406 bits per heavy atom. The Hall–Kier alpha value is -8.63. The second-order valence-electron chi connectivity index (χ2n) is 18.1. The van der Waals surface area contributed by atoms with Gasteiger partial charge < -0.3 is 4.74 Å². The van der Waals surface area contributed by atoms with Crippen molar-refractivity contribution in [1.82, 2.24) is 18.9 Å². The van der Waals surface area contributed by atoms with Gasteiger partial charge in [-0.2, -0.15) is 0 Å². The first-order chi connectivity index (χ1) is 34.2. The van der Waals surface area contributed by atoms with E-state index in [1.165, 1.54) is 52.3 Å². The number of nitrogens with zero attached hydrogens (tertiary/aromatic N) is 4. The van der Waals surface area contributed by atoms with Gasteiger partial charge in [0.15, 0.2) is 21.9 Å². The zero-order chi connectivity index (χ0) is 45.5. The molecule has 0 fully saturated rings. The van der Waals surface area contributed by atoms with Gasteiger partial charge in [0.25, 0.3) is 0 Å². The fraction of sp³-hybridized carbons (Fsp3) is 0. The van der Waals surface area contributed by atoms with Gasteiger partial charge in [0.2, 0.25) is 0 Å². The molecule has 0 unspecified atom stereocenters. The molecule has 14 rings (SSSR count). The van der Waals surface area contributed by atoms with Crippen LogP contribution in [0.15, 0.2) is 255 Å². The SMILES string of the molecule is c1ccc([Si](c2ccccc2)(c2cccc(-n3c4ncccc4c4ccc5c(c43)Oc3ccccc3[Si]5(c3ccccc3)c3ccccc3)c2)c2ccc3c4ccccc4n4ccnc4c3c2)cc1. The zero-order valence-electron chi connectivity index (χ0n) is 37.4. The summed E-state index contributed by atoms with van der Waals surface area (Å²) in [7, 11) is -6.07. The van der Waals surface area contributed by atoms with Gasteiger partial charge in [-0.1, -0.05) is 200 Å². The molecular weight excluding hydrogens is 873 g/mol. The van der Waals surface area contributed by atoms with E-state index in [0.717, 1.165) is 55.7 Å². The smallest absolute Gasteiger partial charge is 0.188 e. The number of ether oxygens (including phenoxy) is 1. The summed E-state index contributed by atoms with van der Waals surface area (Å²) in [6.45, 7) is 0. The first kappa shape index (κ1) is 39.5. The van der Waals surface area contributed by atoms with Crippen LogP contribution in [0, 0.1) is 0 Å². The lowest BCUT2D eigenvalue weighted by Crippen LogP contribution is -2.76. The molecule has 0 spiro atoms. The van der Waals surface area contributed by atoms with E-state index in [1.54, 1.807) is 0 Å². The molecule has 0 aliphatic carbocycles. The Bertz CT molecular complexity index is 4040. The maximum Gasteiger partial charge on any atom is 0.188 e. The summed E-state index contributed by atoms with van der Waals surface area (Å²) in [5, 5.41) is 15.9. The number of fused-ring (bicyclic) bond motifs is 12. The number of para-hydroxylation sites is 2. The second kappa shape index (κ2) is 15.5. The quantitative estimate of drug-likeness (QED) is 0.0912. The molecule has 1 aliphatic rings. The number of hydrogen-bond acceptors (Lipinski definition) is 3. The van der Waals surface area contributed by atoms with Crippen molar-refractivity contribution >= 4 is 107 Å². The lowest BCUT2D eigenvalue weighted by atomic mass is 10.1. The standard InChI is InChI=1S/C62H42N4OSi2/c1-5-20-44(21-6-1)68(45-22-7-2-8-23-45,49-34-35-50-51-29-13-14-31-55(51)65-40-39-64-61(65)54(50)42-49)48-28-17-19-43(41-48)66-59-52(53-30-18-38-63-62(53)66)36-37-58-60(59)67-56-32-15-16-33-57(56)69(58,46-24-9-3-10-25-46)47-26-11-4-12-27-47/h1-42H. The highest BCUT2D eigenvalue weighted by Gasteiger charge is 2.49. The summed E-state index contributed by atoms with van der Waals surface area (Å²) in [6, 6.07) is 87.4. The molecule has 13 aromatic rings. The van der Waals surface area contributed by atoms with Crippen molar-refractivity contribution in [3.63, 3.8) is 0 Å². The molecule has 9 aromatic carbocycles. The fourth-order valence-electron chi connectivity index (χ4n) is 11.9. The van der Waals surface area contributed by atoms with Crippen LogP contribution in [0.2, 0.25) is 0 Å². The molecule has 0 amide bonds. The van der Waals surface area contributed by atoms with Crippen LogP contribution in [0.3, 0.4) is 0 Å². The maximum absolute atomic E-state index is 7.37. The van der Waals surface area contributed by atoms with Gasteiger partial charge in [0, 0.05) is 45.8 Å². The third kappa shape index (κ3) is 5.63. The third-order valence-corrected chi connectivity index (χ3v) is 24.3.